The fraction of sp³-hybridized carbons (Fsp3) is 0.593. The summed E-state index contributed by atoms with van der Waals surface area (Å²) in [4.78, 5) is 85.7. The maximum absolute atomic E-state index is 14.4. The molecule has 390 valence electrons. The van der Waals surface area contributed by atoms with Crippen LogP contribution in [0.5, 0.6) is 0 Å². The number of likely N-dealkylation sites (tertiary alicyclic amines) is 2. The van der Waals surface area contributed by atoms with Gasteiger partial charge in [-0.3, -0.25) is 28.8 Å². The Morgan fingerprint density at radius 2 is 1.01 bits per heavy atom. The van der Waals surface area contributed by atoms with Gasteiger partial charge in [-0.2, -0.15) is 0 Å². The standard InChI is InChI=1S/C54H74N8O10/c1-53(2,3)45(59-47(65)39(55)31-63)51(69)61-29-35(27-43(61)49(67)57-41-23-15-19-33-17-9-11-21-37(33)41)71-25-13-7-8-14-26-72-36-28-44(50(68)58-42-24-16-20-34-18-10-12-22-38(34)42)62(30-36)52(70)46(54(4,5)6)60-48(66)40(56)32-64/h9-12,17-18,21-22,35-36,39-46,63-64H,15-16,19-20,23-32,55-56H2,1-6H3,(H,57,67)(H,58,68)(H,59,65)(H,60,66)/t35-,36-,39-,40-,41+,42+,43-,44-,45+,46?/m0/s1. The molecular formula is C54H74N8O10. The molecule has 4 aliphatic rings. The summed E-state index contributed by atoms with van der Waals surface area (Å²) in [6.07, 6.45) is 4.34. The molecule has 2 aromatic carbocycles. The molecule has 18 nitrogen and oxygen atoms in total. The molecule has 2 heterocycles. The Labute approximate surface area is 423 Å². The van der Waals surface area contributed by atoms with Crippen molar-refractivity contribution < 1.29 is 48.5 Å². The first kappa shape index (κ1) is 55.5. The van der Waals surface area contributed by atoms with Gasteiger partial charge in [-0.15, -0.1) is 0 Å². The van der Waals surface area contributed by atoms with Crippen LogP contribution in [-0.4, -0.2) is 143 Å². The number of hydrogen-bond acceptors (Lipinski definition) is 12. The third kappa shape index (κ3) is 14.0. The number of aliphatic hydroxyl groups is 2. The van der Waals surface area contributed by atoms with Crippen molar-refractivity contribution in [3.63, 3.8) is 0 Å². The molecule has 0 spiro atoms. The van der Waals surface area contributed by atoms with Crippen molar-refractivity contribution in [2.75, 3.05) is 39.5 Å². The monoisotopic (exact) mass is 995 g/mol. The second-order valence-corrected chi connectivity index (χ2v) is 21.5. The van der Waals surface area contributed by atoms with Gasteiger partial charge in [0.25, 0.3) is 0 Å². The van der Waals surface area contributed by atoms with E-state index in [4.69, 9.17) is 20.9 Å². The Kier molecular flexibility index (Phi) is 19.0. The summed E-state index contributed by atoms with van der Waals surface area (Å²) in [6.45, 7) is 9.54. The highest BCUT2D eigenvalue weighted by molar-refractivity contribution is 5.95. The summed E-state index contributed by atoms with van der Waals surface area (Å²) in [5, 5.41) is 30.8. The van der Waals surface area contributed by atoms with E-state index in [1.54, 1.807) is 41.5 Å². The topological polar surface area (TPSA) is 268 Å². The largest absolute Gasteiger partial charge is 0.394 e. The highest BCUT2D eigenvalue weighted by Gasteiger charge is 2.48. The molecule has 2 saturated heterocycles. The van der Waals surface area contributed by atoms with E-state index in [-0.39, 0.29) is 63.0 Å². The van der Waals surface area contributed by atoms with Crippen LogP contribution in [0, 0.1) is 34.5 Å². The molecule has 10 atom stereocenters. The maximum Gasteiger partial charge on any atom is 0.246 e. The third-order valence-corrected chi connectivity index (χ3v) is 14.0. The number of rotatable bonds is 16. The Hall–Kier alpha value is -5.86. The second-order valence-electron chi connectivity index (χ2n) is 21.5. The molecule has 1 unspecified atom stereocenters. The molecule has 6 amide bonds. The van der Waals surface area contributed by atoms with Gasteiger partial charge >= 0.3 is 0 Å². The van der Waals surface area contributed by atoms with E-state index in [1.807, 2.05) is 36.4 Å². The normalized spacial score (nSPS) is 23.3. The van der Waals surface area contributed by atoms with Crippen LogP contribution in [-0.2, 0) is 51.1 Å². The molecule has 6 rings (SSSR count). The Morgan fingerprint density at radius 3 is 1.38 bits per heavy atom. The van der Waals surface area contributed by atoms with Crippen LogP contribution in [0.2, 0.25) is 0 Å². The van der Waals surface area contributed by atoms with Gasteiger partial charge in [-0.25, -0.2) is 0 Å². The Bertz CT molecular complexity index is 2250. The van der Waals surface area contributed by atoms with Crippen LogP contribution in [0.4, 0.5) is 0 Å². The smallest absolute Gasteiger partial charge is 0.246 e. The molecule has 10 N–H and O–H groups in total. The van der Waals surface area contributed by atoms with Crippen molar-refractivity contribution >= 4 is 35.4 Å². The first-order valence-corrected chi connectivity index (χ1v) is 25.1. The van der Waals surface area contributed by atoms with E-state index in [0.29, 0.717) is 0 Å². The van der Waals surface area contributed by atoms with E-state index in [1.165, 1.54) is 20.9 Å². The predicted octanol–water partition coefficient (Wildman–Crippen LogP) is 1.05. The molecule has 0 radical (unpaired) electrons. The Balaban J connectivity index is 1.10. The number of amides is 6. The van der Waals surface area contributed by atoms with Gasteiger partial charge in [0.1, 0.15) is 49.5 Å². The highest BCUT2D eigenvalue weighted by Crippen LogP contribution is 2.34. The first-order chi connectivity index (χ1) is 34.2. The van der Waals surface area contributed by atoms with Crippen LogP contribution in [0.25, 0.3) is 0 Å². The van der Waals surface area contributed by atoms with Gasteiger partial charge in [0.05, 0.1) is 37.5 Å². The summed E-state index contributed by atoms with van der Waals surface area (Å²) < 4.78 is 12.2. The van der Waals surface area contributed by atoms with E-state index in [9.17, 15) is 39.0 Å². The number of hydrogen-bond donors (Lipinski definition) is 8. The molecule has 0 saturated carbocycles. The molecule has 18 heteroatoms. The molecule has 2 aromatic rings. The summed E-state index contributed by atoms with van der Waals surface area (Å²) in [6, 6.07) is 9.12. The number of nitrogens with two attached hydrogens (primary N) is 2. The number of aliphatic hydroxyl groups excluding tert-OH is 2. The zero-order chi connectivity index (χ0) is 52.3. The van der Waals surface area contributed by atoms with E-state index >= 15 is 0 Å². The van der Waals surface area contributed by atoms with Gasteiger partial charge in [-0.1, -0.05) is 102 Å². The quantitative estimate of drug-likeness (QED) is 0.110. The average Bonchev–Trinajstić information content (AvgIpc) is 3.99. The van der Waals surface area contributed by atoms with Gasteiger partial charge in [0.15, 0.2) is 0 Å². The minimum atomic E-state index is -1.23. The molecule has 2 aliphatic heterocycles. The molecule has 2 aliphatic carbocycles. The van der Waals surface area contributed by atoms with E-state index < -0.39 is 96.1 Å². The van der Waals surface area contributed by atoms with Gasteiger partial charge in [0, 0.05) is 25.9 Å². The molecular weight excluding hydrogens is 921 g/mol. The summed E-state index contributed by atoms with van der Waals surface area (Å²) in [7, 11) is 0. The fourth-order valence-electron chi connectivity index (χ4n) is 9.94. The van der Waals surface area contributed by atoms with Crippen LogP contribution in [0.3, 0.4) is 0 Å². The lowest BCUT2D eigenvalue weighted by Crippen LogP contribution is -2.60. The van der Waals surface area contributed by atoms with Crippen molar-refractivity contribution in [2.24, 2.45) is 22.3 Å². The summed E-state index contributed by atoms with van der Waals surface area (Å²) in [5.74, 6) is 8.27. The van der Waals surface area contributed by atoms with E-state index in [0.717, 1.165) is 49.7 Å². The number of carbonyl (C=O) groups excluding carboxylic acids is 6. The number of benzene rings is 2. The van der Waals surface area contributed by atoms with E-state index in [2.05, 4.69) is 57.1 Å². The SMILES string of the molecule is CC(C)(C)C(NC(=O)[C@@H](N)CO)C(=O)N1C[C@@H](OCC#CC#CCO[C@H]2C[C@@H](C(=O)N[C@@H]3CCCc4ccccc43)N(C(=O)[C@@H](NC(=O)[C@@H](N)CO)C(C)(C)C)C2)C[C@H]1C(=O)N[C@@H]1CCCc2ccccc21. The number of fused-ring (bicyclic) bond motifs is 2. The van der Waals surface area contributed by atoms with Crippen molar-refractivity contribution in [3.05, 3.63) is 70.8 Å². The minimum absolute atomic E-state index is 0.0564. The molecule has 72 heavy (non-hydrogen) atoms. The second kappa shape index (κ2) is 24.7. The third-order valence-electron chi connectivity index (χ3n) is 14.0. The van der Waals surface area contributed by atoms with Crippen LogP contribution in [0.1, 0.15) is 114 Å². The lowest BCUT2D eigenvalue weighted by molar-refractivity contribution is -0.144. The number of nitrogens with zero attached hydrogens (tertiary/aromatic N) is 2. The van der Waals surface area contributed by atoms with Crippen LogP contribution in [0.15, 0.2) is 48.5 Å². The molecule has 2 fully saturated rings. The number of aryl methyl sites for hydroxylation is 2. The van der Waals surface area contributed by atoms with Crippen molar-refractivity contribution in [1.29, 1.82) is 0 Å². The molecule has 0 bridgehead atoms. The lowest BCUT2D eigenvalue weighted by atomic mass is 9.85. The summed E-state index contributed by atoms with van der Waals surface area (Å²) >= 11 is 0. The minimum Gasteiger partial charge on any atom is -0.394 e. The van der Waals surface area contributed by atoms with Crippen molar-refractivity contribution in [3.8, 4) is 23.7 Å². The Morgan fingerprint density at radius 1 is 0.639 bits per heavy atom. The van der Waals surface area contributed by atoms with Gasteiger partial charge in [0.2, 0.25) is 35.4 Å². The number of nitrogens with one attached hydrogen (secondary N) is 4. The molecule has 0 aromatic heterocycles. The zero-order valence-corrected chi connectivity index (χ0v) is 42.5. The van der Waals surface area contributed by atoms with Crippen molar-refractivity contribution in [1.82, 2.24) is 31.1 Å². The zero-order valence-electron chi connectivity index (χ0n) is 42.5. The summed E-state index contributed by atoms with van der Waals surface area (Å²) in [5.41, 5.74) is 14.5. The maximum atomic E-state index is 14.4. The van der Waals surface area contributed by atoms with Gasteiger partial charge in [-0.05, 0) is 83.4 Å². The first-order valence-electron chi connectivity index (χ1n) is 25.1. The predicted molar refractivity (Wildman–Crippen MR) is 269 cm³/mol. The van der Waals surface area contributed by atoms with Crippen LogP contribution < -0.4 is 32.7 Å². The lowest BCUT2D eigenvalue weighted by Gasteiger charge is -2.36. The van der Waals surface area contributed by atoms with Crippen LogP contribution >= 0.6 is 0 Å². The van der Waals surface area contributed by atoms with Crippen molar-refractivity contribution in [2.45, 2.75) is 153 Å². The van der Waals surface area contributed by atoms with Gasteiger partial charge < -0.3 is 62.2 Å². The number of ether oxygens (including phenoxy) is 2. The average molecular weight is 995 g/mol. The fourth-order valence-corrected chi connectivity index (χ4v) is 9.94. The number of carbonyl (C=O) groups is 6. The highest BCUT2D eigenvalue weighted by atomic mass is 16.5.